The van der Waals surface area contributed by atoms with E-state index in [9.17, 15) is 13.2 Å². The number of hydrogen-bond acceptors (Lipinski definition) is 4. The largest absolute Gasteiger partial charge is 0.483 e. The molecule has 0 heterocycles. The van der Waals surface area contributed by atoms with Crippen molar-refractivity contribution in [3.8, 4) is 5.75 Å². The van der Waals surface area contributed by atoms with Crippen molar-refractivity contribution in [1.82, 2.24) is 0 Å². The second-order valence-corrected chi connectivity index (χ2v) is 9.09. The number of anilines is 1. The Labute approximate surface area is 178 Å². The third-order valence-electron chi connectivity index (χ3n) is 4.89. The number of ether oxygens (including phenoxy) is 1. The maximum atomic E-state index is 13.3. The predicted molar refractivity (Wildman–Crippen MR) is 118 cm³/mol. The molecule has 0 aromatic heterocycles. The van der Waals surface area contributed by atoms with Crippen molar-refractivity contribution in [3.05, 3.63) is 89.0 Å². The van der Waals surface area contributed by atoms with E-state index in [0.29, 0.717) is 5.75 Å². The third-order valence-corrected chi connectivity index (χ3v) is 6.65. The number of carbonyl (C=O) groups excluding carboxylic acids is 1. The molecule has 0 aliphatic heterocycles. The highest BCUT2D eigenvalue weighted by molar-refractivity contribution is 7.93. The standard InChI is InChI=1S/C24H25NO4S/c1-17-10-12-21(13-11-17)25(30(27,28)22-8-6-5-7-9-22)24(26)16-29-23-15-18(2)14-19(3)20(23)4/h5-15H,16H2,1-4H3. The molecule has 0 spiro atoms. The molecular formula is C24H25NO4S. The summed E-state index contributed by atoms with van der Waals surface area (Å²) < 4.78 is 33.2. The van der Waals surface area contributed by atoms with Gasteiger partial charge in [-0.05, 0) is 74.7 Å². The molecule has 0 radical (unpaired) electrons. The van der Waals surface area contributed by atoms with Crippen molar-refractivity contribution in [3.63, 3.8) is 0 Å². The van der Waals surface area contributed by atoms with E-state index >= 15 is 0 Å². The second kappa shape index (κ2) is 8.71. The zero-order chi connectivity index (χ0) is 21.9. The van der Waals surface area contributed by atoms with Crippen LogP contribution in [-0.4, -0.2) is 20.9 Å². The van der Waals surface area contributed by atoms with Crippen molar-refractivity contribution in [1.29, 1.82) is 0 Å². The first-order valence-corrected chi connectivity index (χ1v) is 11.0. The van der Waals surface area contributed by atoms with Gasteiger partial charge in [-0.1, -0.05) is 42.0 Å². The Balaban J connectivity index is 1.96. The van der Waals surface area contributed by atoms with E-state index in [0.717, 1.165) is 26.6 Å². The average Bonchev–Trinajstić information content (AvgIpc) is 2.71. The molecule has 6 heteroatoms. The van der Waals surface area contributed by atoms with E-state index < -0.39 is 22.5 Å². The van der Waals surface area contributed by atoms with Gasteiger partial charge in [-0.3, -0.25) is 4.79 Å². The lowest BCUT2D eigenvalue weighted by atomic mass is 10.1. The minimum absolute atomic E-state index is 0.0431. The Hall–Kier alpha value is -3.12. The van der Waals surface area contributed by atoms with E-state index in [1.54, 1.807) is 42.5 Å². The van der Waals surface area contributed by atoms with Gasteiger partial charge in [0.25, 0.3) is 15.9 Å². The van der Waals surface area contributed by atoms with E-state index in [2.05, 4.69) is 0 Å². The van der Waals surface area contributed by atoms with Crippen molar-refractivity contribution < 1.29 is 17.9 Å². The number of amides is 1. The van der Waals surface area contributed by atoms with E-state index in [4.69, 9.17) is 4.74 Å². The molecule has 0 N–H and O–H groups in total. The monoisotopic (exact) mass is 423 g/mol. The van der Waals surface area contributed by atoms with Crippen LogP contribution >= 0.6 is 0 Å². The molecule has 30 heavy (non-hydrogen) atoms. The van der Waals surface area contributed by atoms with Crippen LogP contribution in [0.2, 0.25) is 0 Å². The third kappa shape index (κ3) is 4.54. The van der Waals surface area contributed by atoms with E-state index in [1.165, 1.54) is 12.1 Å². The topological polar surface area (TPSA) is 63.7 Å². The minimum Gasteiger partial charge on any atom is -0.483 e. The first-order valence-electron chi connectivity index (χ1n) is 9.60. The van der Waals surface area contributed by atoms with Gasteiger partial charge in [-0.25, -0.2) is 8.42 Å². The summed E-state index contributed by atoms with van der Waals surface area (Å²) in [7, 11) is -4.09. The van der Waals surface area contributed by atoms with Gasteiger partial charge < -0.3 is 4.74 Å². The van der Waals surface area contributed by atoms with Gasteiger partial charge in [-0.15, -0.1) is 0 Å². The normalized spacial score (nSPS) is 11.2. The van der Waals surface area contributed by atoms with Gasteiger partial charge in [-0.2, -0.15) is 4.31 Å². The maximum absolute atomic E-state index is 13.3. The molecule has 0 bridgehead atoms. The number of sulfonamides is 1. The Kier molecular flexibility index (Phi) is 6.27. The summed E-state index contributed by atoms with van der Waals surface area (Å²) >= 11 is 0. The number of hydrogen-bond donors (Lipinski definition) is 0. The van der Waals surface area contributed by atoms with Crippen molar-refractivity contribution in [2.45, 2.75) is 32.6 Å². The van der Waals surface area contributed by atoms with Crippen LogP contribution in [0.5, 0.6) is 5.75 Å². The Morgan fingerprint density at radius 2 is 1.50 bits per heavy atom. The Morgan fingerprint density at radius 1 is 0.867 bits per heavy atom. The van der Waals surface area contributed by atoms with Gasteiger partial charge in [0.05, 0.1) is 10.6 Å². The number of benzene rings is 3. The smallest absolute Gasteiger partial charge is 0.278 e. The molecule has 0 atom stereocenters. The van der Waals surface area contributed by atoms with Crippen LogP contribution < -0.4 is 9.04 Å². The number of aryl methyl sites for hydroxylation is 3. The highest BCUT2D eigenvalue weighted by Crippen LogP contribution is 2.26. The van der Waals surface area contributed by atoms with Crippen molar-refractivity contribution in [2.24, 2.45) is 0 Å². The number of rotatable bonds is 6. The molecule has 3 rings (SSSR count). The average molecular weight is 424 g/mol. The van der Waals surface area contributed by atoms with Crippen LogP contribution in [0.3, 0.4) is 0 Å². The summed E-state index contributed by atoms with van der Waals surface area (Å²) in [6.45, 7) is 7.32. The van der Waals surface area contributed by atoms with E-state index in [1.807, 2.05) is 39.8 Å². The molecular weight excluding hydrogens is 398 g/mol. The SMILES string of the molecule is Cc1ccc(N(C(=O)COc2cc(C)cc(C)c2C)S(=O)(=O)c2ccccc2)cc1. The fourth-order valence-electron chi connectivity index (χ4n) is 3.14. The van der Waals surface area contributed by atoms with Gasteiger partial charge in [0.2, 0.25) is 0 Å². The summed E-state index contributed by atoms with van der Waals surface area (Å²) in [6, 6.07) is 18.6. The van der Waals surface area contributed by atoms with Crippen LogP contribution in [0.1, 0.15) is 22.3 Å². The summed E-state index contributed by atoms with van der Waals surface area (Å²) in [5.74, 6) is -0.0944. The van der Waals surface area contributed by atoms with Crippen LogP contribution in [0.4, 0.5) is 5.69 Å². The van der Waals surface area contributed by atoms with Crippen LogP contribution in [0, 0.1) is 27.7 Å². The molecule has 156 valence electrons. The molecule has 0 aliphatic rings. The second-order valence-electron chi connectivity index (χ2n) is 7.31. The lowest BCUT2D eigenvalue weighted by molar-refractivity contribution is -0.119. The molecule has 1 amide bonds. The first kappa shape index (κ1) is 21.6. The summed E-state index contributed by atoms with van der Waals surface area (Å²) in [5, 5.41) is 0. The Bertz CT molecular complexity index is 1150. The summed E-state index contributed by atoms with van der Waals surface area (Å²) in [4.78, 5) is 13.2. The summed E-state index contributed by atoms with van der Waals surface area (Å²) in [5.41, 5.74) is 4.21. The van der Waals surface area contributed by atoms with Gasteiger partial charge in [0.1, 0.15) is 5.75 Å². The molecule has 0 saturated heterocycles. The lowest BCUT2D eigenvalue weighted by Gasteiger charge is -2.23. The van der Waals surface area contributed by atoms with E-state index in [-0.39, 0.29) is 10.6 Å². The van der Waals surface area contributed by atoms with Gasteiger partial charge in [0, 0.05) is 0 Å². The zero-order valence-corrected chi connectivity index (χ0v) is 18.4. The van der Waals surface area contributed by atoms with Crippen molar-refractivity contribution in [2.75, 3.05) is 10.9 Å². The quantitative estimate of drug-likeness (QED) is 0.575. The van der Waals surface area contributed by atoms with Gasteiger partial charge in [0.15, 0.2) is 6.61 Å². The maximum Gasteiger partial charge on any atom is 0.278 e. The number of nitrogens with zero attached hydrogens (tertiary/aromatic N) is 1. The lowest BCUT2D eigenvalue weighted by Crippen LogP contribution is -2.40. The fourth-order valence-corrected chi connectivity index (χ4v) is 4.58. The summed E-state index contributed by atoms with van der Waals surface area (Å²) in [6.07, 6.45) is 0. The Morgan fingerprint density at radius 3 is 2.13 bits per heavy atom. The zero-order valence-electron chi connectivity index (χ0n) is 17.5. The molecule has 0 fully saturated rings. The molecule has 0 aliphatic carbocycles. The minimum atomic E-state index is -4.09. The number of carbonyl (C=O) groups is 1. The predicted octanol–water partition coefficient (Wildman–Crippen LogP) is 4.72. The highest BCUT2D eigenvalue weighted by Gasteiger charge is 2.31. The molecule has 0 unspecified atom stereocenters. The highest BCUT2D eigenvalue weighted by atomic mass is 32.2. The fraction of sp³-hybridized carbons (Fsp3) is 0.208. The van der Waals surface area contributed by atoms with Crippen LogP contribution in [0.25, 0.3) is 0 Å². The molecule has 0 saturated carbocycles. The van der Waals surface area contributed by atoms with Crippen molar-refractivity contribution >= 4 is 21.6 Å². The first-order chi connectivity index (χ1) is 14.2. The molecule has 3 aromatic carbocycles. The van der Waals surface area contributed by atoms with Crippen LogP contribution in [-0.2, 0) is 14.8 Å². The van der Waals surface area contributed by atoms with Gasteiger partial charge >= 0.3 is 0 Å². The van der Waals surface area contributed by atoms with Crippen LogP contribution in [0.15, 0.2) is 71.6 Å². The molecule has 5 nitrogen and oxygen atoms in total. The molecule has 3 aromatic rings.